The van der Waals surface area contributed by atoms with Crippen molar-refractivity contribution >= 4 is 23.5 Å². The third-order valence-electron chi connectivity index (χ3n) is 6.17. The highest BCUT2D eigenvalue weighted by Gasteiger charge is 2.53. The summed E-state index contributed by atoms with van der Waals surface area (Å²) in [6.07, 6.45) is -0.0505. The Bertz CT molecular complexity index is 1090. The van der Waals surface area contributed by atoms with Crippen LogP contribution in [0.5, 0.6) is 5.88 Å². The first-order valence-electron chi connectivity index (χ1n) is 12.0. The minimum Gasteiger partial charge on any atom is -0.473 e. The quantitative estimate of drug-likeness (QED) is 0.544. The second-order valence-corrected chi connectivity index (χ2v) is 9.58. The third kappa shape index (κ3) is 5.81. The van der Waals surface area contributed by atoms with Crippen LogP contribution in [-0.4, -0.2) is 54.0 Å². The number of hydrogen-bond donors (Lipinski definition) is 1. The zero-order chi connectivity index (χ0) is 25.8. The van der Waals surface area contributed by atoms with E-state index in [4.69, 9.17) is 4.74 Å². The predicted octanol–water partition coefficient (Wildman–Crippen LogP) is 3.97. The molecule has 1 aromatic carbocycles. The second kappa shape index (κ2) is 10.9. The van der Waals surface area contributed by atoms with Crippen molar-refractivity contribution in [3.05, 3.63) is 53.2 Å². The number of nitrogens with zero attached hydrogens (tertiary/aromatic N) is 2. The highest BCUT2D eigenvalue weighted by Crippen LogP contribution is 2.40. The van der Waals surface area contributed by atoms with Crippen LogP contribution in [0.2, 0.25) is 0 Å². The molecule has 0 radical (unpaired) electrons. The average molecular weight is 482 g/mol. The first-order chi connectivity index (χ1) is 16.6. The van der Waals surface area contributed by atoms with E-state index in [0.717, 1.165) is 16.8 Å². The molecule has 3 rings (SSSR count). The number of aromatic nitrogens is 1. The summed E-state index contributed by atoms with van der Waals surface area (Å²) < 4.78 is 10.5. The van der Waals surface area contributed by atoms with Crippen LogP contribution < -0.4 is 10.1 Å². The van der Waals surface area contributed by atoms with Gasteiger partial charge in [-0.15, -0.1) is 0 Å². The molecule has 0 aliphatic carbocycles. The van der Waals surface area contributed by atoms with E-state index in [1.807, 2.05) is 51.1 Å². The first kappa shape index (κ1) is 26.2. The van der Waals surface area contributed by atoms with Gasteiger partial charge in [-0.1, -0.05) is 38.1 Å². The number of aryl methyl sites for hydroxylation is 1. The molecule has 1 fully saturated rings. The zero-order valence-electron chi connectivity index (χ0n) is 21.4. The topological polar surface area (TPSA) is 97.8 Å². The maximum atomic E-state index is 13.9. The third-order valence-corrected chi connectivity index (χ3v) is 6.17. The van der Waals surface area contributed by atoms with E-state index < -0.39 is 11.4 Å². The number of hydrogen-bond acceptors (Lipinski definition) is 6. The fourth-order valence-electron chi connectivity index (χ4n) is 4.31. The van der Waals surface area contributed by atoms with Crippen molar-refractivity contribution < 1.29 is 23.9 Å². The Morgan fingerprint density at radius 3 is 2.37 bits per heavy atom. The molecule has 0 bridgehead atoms. The Morgan fingerprint density at radius 1 is 1.06 bits per heavy atom. The second-order valence-electron chi connectivity index (χ2n) is 9.58. The average Bonchev–Trinajstić information content (AvgIpc) is 2.78. The highest BCUT2D eigenvalue weighted by molar-refractivity contribution is 6.02. The number of methoxy groups -OCH3 is 1. The van der Waals surface area contributed by atoms with Crippen LogP contribution in [0.15, 0.2) is 36.4 Å². The summed E-state index contributed by atoms with van der Waals surface area (Å²) in [6, 6.07) is 11.5. The van der Waals surface area contributed by atoms with E-state index >= 15 is 0 Å². The molecule has 1 N–H and O–H groups in total. The molecule has 1 aliphatic rings. The molecule has 8 nitrogen and oxygen atoms in total. The molecule has 0 atom stereocenters. The molecule has 188 valence electrons. The fraction of sp³-hybridized carbons (Fsp3) is 0.481. The van der Waals surface area contributed by atoms with E-state index in [9.17, 15) is 14.4 Å². The zero-order valence-corrected chi connectivity index (χ0v) is 21.4. The van der Waals surface area contributed by atoms with Gasteiger partial charge in [0, 0.05) is 25.2 Å². The van der Waals surface area contributed by atoms with Gasteiger partial charge in [0.25, 0.3) is 0 Å². The minimum atomic E-state index is -0.929. The van der Waals surface area contributed by atoms with E-state index in [1.54, 1.807) is 11.0 Å². The van der Waals surface area contributed by atoms with Crippen LogP contribution in [0.1, 0.15) is 63.3 Å². The molecule has 1 saturated heterocycles. The van der Waals surface area contributed by atoms with Crippen LogP contribution in [0.25, 0.3) is 0 Å². The van der Waals surface area contributed by atoms with Gasteiger partial charge in [-0.3, -0.25) is 14.4 Å². The Hall–Kier alpha value is -3.42. The number of likely N-dealkylation sites (tertiary alicyclic amines) is 1. The molecular formula is C27H35N3O5. The van der Waals surface area contributed by atoms with Crippen LogP contribution in [-0.2, 0) is 24.5 Å². The number of esters is 1. The van der Waals surface area contributed by atoms with E-state index in [0.29, 0.717) is 11.6 Å². The molecule has 8 heteroatoms. The lowest BCUT2D eigenvalue weighted by molar-refractivity contribution is -0.148. The molecular weight excluding hydrogens is 446 g/mol. The Kier molecular flexibility index (Phi) is 8.14. The number of amides is 2. The largest absolute Gasteiger partial charge is 0.473 e. The van der Waals surface area contributed by atoms with Crippen molar-refractivity contribution in [3.63, 3.8) is 0 Å². The standard InChI is InChI=1S/C27H35N3O5/c1-17(2)20-9-7-8-10-21(20)27(15-30(16-27)23(31)13-14-24(32)34-6)26(33)29-22-12-11-19(5)28-25(22)35-18(3)4/h7-12,17-18H,13-16H2,1-6H3,(H,29,33). The van der Waals surface area contributed by atoms with E-state index in [2.05, 4.69) is 28.9 Å². The van der Waals surface area contributed by atoms with Crippen molar-refractivity contribution in [3.8, 4) is 5.88 Å². The molecule has 0 unspecified atom stereocenters. The van der Waals surface area contributed by atoms with Gasteiger partial charge in [0.2, 0.25) is 17.7 Å². The molecule has 1 aromatic heterocycles. The number of ether oxygens (including phenoxy) is 2. The van der Waals surface area contributed by atoms with Gasteiger partial charge < -0.3 is 19.7 Å². The van der Waals surface area contributed by atoms with Crippen LogP contribution in [0.4, 0.5) is 5.69 Å². The first-order valence-corrected chi connectivity index (χ1v) is 12.0. The molecule has 0 saturated carbocycles. The van der Waals surface area contributed by atoms with Crippen LogP contribution in [0, 0.1) is 6.92 Å². The van der Waals surface area contributed by atoms with Crippen LogP contribution in [0.3, 0.4) is 0 Å². The smallest absolute Gasteiger partial charge is 0.306 e. The lowest BCUT2D eigenvalue weighted by atomic mass is 9.69. The van der Waals surface area contributed by atoms with Gasteiger partial charge in [-0.05, 0) is 49.9 Å². The van der Waals surface area contributed by atoms with Gasteiger partial charge in [-0.25, -0.2) is 4.98 Å². The molecule has 35 heavy (non-hydrogen) atoms. The van der Waals surface area contributed by atoms with Crippen molar-refractivity contribution in [2.45, 2.75) is 64.9 Å². The van der Waals surface area contributed by atoms with Gasteiger partial charge in [0.05, 0.1) is 19.6 Å². The summed E-state index contributed by atoms with van der Waals surface area (Å²) in [5.74, 6) is -0.270. The lowest BCUT2D eigenvalue weighted by Crippen LogP contribution is -2.66. The summed E-state index contributed by atoms with van der Waals surface area (Å²) >= 11 is 0. The lowest BCUT2D eigenvalue weighted by Gasteiger charge is -2.50. The van der Waals surface area contributed by atoms with Crippen molar-refractivity contribution in [1.29, 1.82) is 0 Å². The normalized spacial score (nSPS) is 14.5. The van der Waals surface area contributed by atoms with Crippen LogP contribution >= 0.6 is 0 Å². The monoisotopic (exact) mass is 481 g/mol. The fourth-order valence-corrected chi connectivity index (χ4v) is 4.31. The van der Waals surface area contributed by atoms with E-state index in [-0.39, 0.29) is 49.8 Å². The SMILES string of the molecule is COC(=O)CCC(=O)N1CC(C(=O)Nc2ccc(C)nc2OC(C)C)(c2ccccc2C(C)C)C1. The van der Waals surface area contributed by atoms with Gasteiger partial charge in [0.15, 0.2) is 0 Å². The van der Waals surface area contributed by atoms with Gasteiger partial charge >= 0.3 is 5.97 Å². The molecule has 2 amide bonds. The number of anilines is 1. The summed E-state index contributed by atoms with van der Waals surface area (Å²) in [4.78, 5) is 44.2. The molecule has 1 aliphatic heterocycles. The van der Waals surface area contributed by atoms with Crippen molar-refractivity contribution in [1.82, 2.24) is 9.88 Å². The summed E-state index contributed by atoms with van der Waals surface area (Å²) in [6.45, 7) is 10.3. The number of carbonyl (C=O) groups excluding carboxylic acids is 3. The molecule has 2 heterocycles. The van der Waals surface area contributed by atoms with Gasteiger partial charge in [-0.2, -0.15) is 0 Å². The number of nitrogens with one attached hydrogen (secondary N) is 1. The molecule has 0 spiro atoms. The summed E-state index contributed by atoms with van der Waals surface area (Å²) in [5, 5.41) is 3.03. The Morgan fingerprint density at radius 2 is 1.74 bits per heavy atom. The summed E-state index contributed by atoms with van der Waals surface area (Å²) in [7, 11) is 1.30. The summed E-state index contributed by atoms with van der Waals surface area (Å²) in [5.41, 5.74) is 2.30. The number of carbonyl (C=O) groups is 3. The maximum Gasteiger partial charge on any atom is 0.306 e. The molecule has 2 aromatic rings. The Balaban J connectivity index is 1.92. The van der Waals surface area contributed by atoms with Crippen molar-refractivity contribution in [2.75, 3.05) is 25.5 Å². The number of benzene rings is 1. The minimum absolute atomic E-state index is 0.0124. The Labute approximate surface area is 207 Å². The van der Waals surface area contributed by atoms with Gasteiger partial charge in [0.1, 0.15) is 11.1 Å². The highest BCUT2D eigenvalue weighted by atomic mass is 16.5. The number of pyridine rings is 1. The van der Waals surface area contributed by atoms with E-state index in [1.165, 1.54) is 7.11 Å². The predicted molar refractivity (Wildman–Crippen MR) is 133 cm³/mol. The number of rotatable bonds is 9. The maximum absolute atomic E-state index is 13.9. The van der Waals surface area contributed by atoms with Crippen molar-refractivity contribution in [2.24, 2.45) is 0 Å².